The largest absolute Gasteiger partial charge is 0.512 e. The van der Waals surface area contributed by atoms with Gasteiger partial charge in [-0.3, -0.25) is 9.78 Å². The predicted octanol–water partition coefficient (Wildman–Crippen LogP) is 9.76. The van der Waals surface area contributed by atoms with Crippen molar-refractivity contribution in [1.29, 1.82) is 0 Å². The number of hydrogen-bond acceptors (Lipinski definition) is 4. The van der Waals surface area contributed by atoms with Crippen LogP contribution >= 0.6 is 11.3 Å². The van der Waals surface area contributed by atoms with Gasteiger partial charge in [-0.2, -0.15) is 0 Å². The zero-order chi connectivity index (χ0) is 26.9. The molecule has 4 aromatic carbocycles. The van der Waals surface area contributed by atoms with E-state index in [4.69, 9.17) is 19.3 Å². The number of aromatic nitrogens is 1. The molecule has 2 N–H and O–H groups in total. The van der Waals surface area contributed by atoms with E-state index in [2.05, 4.69) is 66.7 Å². The van der Waals surface area contributed by atoms with E-state index in [-0.39, 0.29) is 31.6 Å². The van der Waals surface area contributed by atoms with Gasteiger partial charge in [-0.05, 0) is 18.2 Å². The molecule has 0 bridgehead atoms. The van der Waals surface area contributed by atoms with Crippen LogP contribution in [0.25, 0.3) is 64.3 Å². The van der Waals surface area contributed by atoms with Crippen LogP contribution in [-0.2, 0) is 20.1 Å². The second-order valence-electron chi connectivity index (χ2n) is 9.34. The van der Waals surface area contributed by atoms with Gasteiger partial charge in [-0.15, -0.1) is 35.1 Å². The molecule has 4 nitrogen and oxygen atoms in total. The minimum absolute atomic E-state index is 0. The monoisotopic (exact) mass is 722 g/mol. The standard InChI is InChI=1S/C27H14NOS.C7H12O2.Ir/c1-4-10-21-18(8-1)25-19-9-3-6-12-24(19)30-27(25)26(28-21)16-13-14-23-20(15-16)17-7-2-5-11-22(17)29-23;1-3-6(8)5-7(9)4-2;/h1-12,14-15H;5,8H,3-4H2,1-2H3;/q-1;;/p+1/b;6-5-;. The molecule has 0 saturated carbocycles. The van der Waals surface area contributed by atoms with Crippen LogP contribution in [0.2, 0.25) is 0 Å². The van der Waals surface area contributed by atoms with Crippen LogP contribution in [0, 0.1) is 6.07 Å². The topological polar surface area (TPSA) is 67.7 Å². The molecule has 0 aliphatic carbocycles. The molecule has 0 spiro atoms. The van der Waals surface area contributed by atoms with Gasteiger partial charge in [0.05, 0.1) is 23.6 Å². The molecular weight excluding hydrogens is 695 g/mol. The van der Waals surface area contributed by atoms with Gasteiger partial charge in [0, 0.05) is 63.2 Å². The summed E-state index contributed by atoms with van der Waals surface area (Å²) >= 11 is 1.80. The van der Waals surface area contributed by atoms with Crippen molar-refractivity contribution in [3.8, 4) is 11.3 Å². The third kappa shape index (κ3) is 5.06. The number of aliphatic hydroxyl groups is 1. The zero-order valence-electron chi connectivity index (χ0n) is 22.1. The van der Waals surface area contributed by atoms with Gasteiger partial charge < -0.3 is 9.52 Å². The van der Waals surface area contributed by atoms with E-state index in [0.717, 1.165) is 38.7 Å². The summed E-state index contributed by atoms with van der Waals surface area (Å²) in [4.78, 5) is 13.9. The van der Waals surface area contributed by atoms with Crippen LogP contribution in [0.3, 0.4) is 0 Å². The molecule has 0 saturated heterocycles. The first-order valence-corrected chi connectivity index (χ1v) is 13.9. The van der Waals surface area contributed by atoms with E-state index in [1.165, 1.54) is 31.6 Å². The Balaban J connectivity index is 0.000000283. The van der Waals surface area contributed by atoms with Gasteiger partial charge in [0.25, 0.3) is 0 Å². The molecule has 0 unspecified atom stereocenters. The predicted molar refractivity (Wildman–Crippen MR) is 164 cm³/mol. The number of ketones is 1. The van der Waals surface area contributed by atoms with Crippen molar-refractivity contribution >= 4 is 70.1 Å². The van der Waals surface area contributed by atoms with Crippen molar-refractivity contribution < 1.29 is 34.4 Å². The maximum atomic E-state index is 8.84. The van der Waals surface area contributed by atoms with Crippen LogP contribution in [0.1, 0.15) is 26.7 Å². The zero-order valence-corrected chi connectivity index (χ0v) is 25.3. The summed E-state index contributed by atoms with van der Waals surface area (Å²) in [5.74, 6) is 0.462. The SMILES string of the molecule is CCC(=[OH+])/C=C(\O)CC.[Ir].[c-]1cc2oc3ccccc3c2cc1-c1nc2ccccc2c2c1sc1ccccc12. The summed E-state index contributed by atoms with van der Waals surface area (Å²) in [7, 11) is 0. The quantitative estimate of drug-likeness (QED) is 0.0852. The molecule has 3 heterocycles. The molecule has 6 heteroatoms. The van der Waals surface area contributed by atoms with E-state index in [9.17, 15) is 0 Å². The van der Waals surface area contributed by atoms with E-state index >= 15 is 0 Å². The number of thiophene rings is 1. The normalized spacial score (nSPS) is 11.6. The van der Waals surface area contributed by atoms with Crippen molar-refractivity contribution in [2.24, 2.45) is 0 Å². The molecular formula is C34H27IrNO3S. The summed E-state index contributed by atoms with van der Waals surface area (Å²) in [6, 6.07) is 32.7. The second-order valence-corrected chi connectivity index (χ2v) is 10.4. The maximum Gasteiger partial charge on any atom is 0.319 e. The molecule has 0 fully saturated rings. The van der Waals surface area contributed by atoms with Crippen LogP contribution in [0.15, 0.2) is 101 Å². The Bertz CT molecular complexity index is 2040. The Hall–Kier alpha value is -3.83. The minimum atomic E-state index is 0. The molecule has 3 aromatic heterocycles. The molecule has 0 atom stereocenters. The molecule has 40 heavy (non-hydrogen) atoms. The number of pyridine rings is 1. The third-order valence-electron chi connectivity index (χ3n) is 6.84. The Morgan fingerprint density at radius 1 is 0.900 bits per heavy atom. The fourth-order valence-corrected chi connectivity index (χ4v) is 6.04. The third-order valence-corrected chi connectivity index (χ3v) is 8.02. The smallest absolute Gasteiger partial charge is 0.319 e. The number of para-hydroxylation sites is 2. The van der Waals surface area contributed by atoms with Gasteiger partial charge in [-0.25, -0.2) is 0 Å². The van der Waals surface area contributed by atoms with Gasteiger partial charge in [0.15, 0.2) is 0 Å². The summed E-state index contributed by atoms with van der Waals surface area (Å²) < 4.78 is 8.49. The van der Waals surface area contributed by atoms with E-state index in [0.29, 0.717) is 12.8 Å². The molecule has 7 aromatic rings. The molecule has 0 aliphatic heterocycles. The number of aliphatic hydroxyl groups excluding tert-OH is 1. The van der Waals surface area contributed by atoms with Gasteiger partial charge in [0.1, 0.15) is 11.3 Å². The molecule has 7 rings (SSSR count). The number of furan rings is 1. The average Bonchev–Trinajstić information content (AvgIpc) is 3.55. The molecule has 1 radical (unpaired) electrons. The fraction of sp³-hybridized carbons (Fsp3) is 0.118. The summed E-state index contributed by atoms with van der Waals surface area (Å²) in [6.45, 7) is 3.66. The molecule has 201 valence electrons. The molecule has 0 aliphatic rings. The van der Waals surface area contributed by atoms with E-state index in [1.807, 2.05) is 38.1 Å². The number of allylic oxidation sites excluding steroid dienone is 2. The Morgan fingerprint density at radius 3 is 2.38 bits per heavy atom. The number of fused-ring (bicyclic) bond motifs is 8. The van der Waals surface area contributed by atoms with E-state index < -0.39 is 0 Å². The Labute approximate surface area is 249 Å². The Morgan fingerprint density at radius 2 is 1.60 bits per heavy atom. The van der Waals surface area contributed by atoms with Crippen molar-refractivity contribution in [2.75, 3.05) is 0 Å². The first kappa shape index (κ1) is 27.7. The van der Waals surface area contributed by atoms with Crippen molar-refractivity contribution in [2.45, 2.75) is 26.7 Å². The number of nitrogens with zero attached hydrogens (tertiary/aromatic N) is 1. The van der Waals surface area contributed by atoms with Crippen LogP contribution in [0.4, 0.5) is 0 Å². The maximum absolute atomic E-state index is 8.84. The van der Waals surface area contributed by atoms with Crippen LogP contribution < -0.4 is 0 Å². The Kier molecular flexibility index (Phi) is 8.13. The van der Waals surface area contributed by atoms with Crippen LogP contribution in [0.5, 0.6) is 0 Å². The number of carbonyl (C=O) groups excluding carboxylic acids is 1. The molecule has 0 amide bonds. The fourth-order valence-electron chi connectivity index (χ4n) is 4.82. The first-order valence-electron chi connectivity index (χ1n) is 13.0. The van der Waals surface area contributed by atoms with Gasteiger partial charge in [0.2, 0.25) is 0 Å². The minimum Gasteiger partial charge on any atom is -0.512 e. The van der Waals surface area contributed by atoms with Gasteiger partial charge >= 0.3 is 5.78 Å². The van der Waals surface area contributed by atoms with Crippen molar-refractivity contribution in [3.05, 3.63) is 103 Å². The number of rotatable bonds is 4. The summed E-state index contributed by atoms with van der Waals surface area (Å²) in [6.07, 6.45) is 2.54. The van der Waals surface area contributed by atoms with Crippen molar-refractivity contribution in [1.82, 2.24) is 4.98 Å². The number of benzene rings is 4. The second kappa shape index (κ2) is 11.7. The number of hydrogen-bond donors (Lipinski definition) is 1. The average molecular weight is 722 g/mol. The first-order chi connectivity index (χ1) is 19.1. The van der Waals surface area contributed by atoms with E-state index in [1.54, 1.807) is 11.3 Å². The summed E-state index contributed by atoms with van der Waals surface area (Å²) in [5, 5.41) is 14.8. The van der Waals surface area contributed by atoms with Crippen LogP contribution in [-0.4, -0.2) is 20.7 Å². The van der Waals surface area contributed by atoms with Crippen molar-refractivity contribution in [3.63, 3.8) is 0 Å². The van der Waals surface area contributed by atoms with Gasteiger partial charge in [-0.1, -0.05) is 73.8 Å². The summed E-state index contributed by atoms with van der Waals surface area (Å²) in [5.41, 5.74) is 4.74.